The molecule has 1 aliphatic rings. The minimum Gasteiger partial charge on any atom is -0.356 e. The van der Waals surface area contributed by atoms with Crippen molar-refractivity contribution in [2.24, 2.45) is 0 Å². The van der Waals surface area contributed by atoms with Crippen molar-refractivity contribution in [3.8, 4) is 6.07 Å². The Morgan fingerprint density at radius 1 is 1.75 bits per heavy atom. The van der Waals surface area contributed by atoms with Crippen molar-refractivity contribution >= 4 is 5.91 Å². The van der Waals surface area contributed by atoms with Gasteiger partial charge < -0.3 is 9.88 Å². The summed E-state index contributed by atoms with van der Waals surface area (Å²) < 4.78 is 13.6. The van der Waals surface area contributed by atoms with Gasteiger partial charge in [0.1, 0.15) is 17.4 Å². The number of nitriles is 1. The molecule has 0 aromatic carbocycles. The predicted octanol–water partition coefficient (Wildman–Crippen LogP) is 1.46. The molecule has 1 aromatic heterocycles. The number of amides is 1. The zero-order valence-corrected chi connectivity index (χ0v) is 8.96. The Kier molecular flexibility index (Phi) is 2.43. The van der Waals surface area contributed by atoms with Crippen LogP contribution in [0.3, 0.4) is 0 Å². The molecule has 5 heteroatoms. The first-order chi connectivity index (χ1) is 7.52. The number of hydrogen-bond acceptors (Lipinski definition) is 2. The summed E-state index contributed by atoms with van der Waals surface area (Å²) in [5.41, 5.74) is -0.542. The summed E-state index contributed by atoms with van der Waals surface area (Å²) in [6.45, 7) is 2.04. The highest BCUT2D eigenvalue weighted by Crippen LogP contribution is 2.25. The van der Waals surface area contributed by atoms with Crippen LogP contribution in [0.1, 0.15) is 29.4 Å². The third kappa shape index (κ3) is 1.91. The molecule has 0 spiro atoms. The van der Waals surface area contributed by atoms with Crippen molar-refractivity contribution in [3.63, 3.8) is 0 Å². The summed E-state index contributed by atoms with van der Waals surface area (Å²) in [5.74, 6) is -0.247. The Morgan fingerprint density at radius 3 is 3.00 bits per heavy atom. The van der Waals surface area contributed by atoms with Crippen molar-refractivity contribution in [1.29, 1.82) is 5.26 Å². The summed E-state index contributed by atoms with van der Waals surface area (Å²) in [7, 11) is 0. The minimum atomic E-state index is -1.29. The summed E-state index contributed by atoms with van der Waals surface area (Å²) in [5, 5.41) is 8.63. The first-order valence-corrected chi connectivity index (χ1v) is 5.08. The number of H-pyrrole nitrogens is 1. The van der Waals surface area contributed by atoms with Crippen LogP contribution in [-0.2, 0) is 0 Å². The average Bonchev–Trinajstić information content (AvgIpc) is 2.83. The van der Waals surface area contributed by atoms with E-state index in [0.29, 0.717) is 24.2 Å². The fourth-order valence-electron chi connectivity index (χ4n) is 1.85. The number of aromatic amines is 1. The minimum absolute atomic E-state index is 0.118. The van der Waals surface area contributed by atoms with Crippen molar-refractivity contribution in [2.45, 2.75) is 19.0 Å². The number of halogens is 1. The molecule has 1 saturated heterocycles. The van der Waals surface area contributed by atoms with Gasteiger partial charge in [0, 0.05) is 19.2 Å². The van der Waals surface area contributed by atoms with E-state index in [1.165, 1.54) is 24.1 Å². The molecule has 1 atom stereocenters. The van der Waals surface area contributed by atoms with Crippen LogP contribution in [0, 0.1) is 11.3 Å². The van der Waals surface area contributed by atoms with Crippen LogP contribution < -0.4 is 0 Å². The van der Waals surface area contributed by atoms with Gasteiger partial charge >= 0.3 is 0 Å². The van der Waals surface area contributed by atoms with Crippen molar-refractivity contribution in [3.05, 3.63) is 23.5 Å². The van der Waals surface area contributed by atoms with E-state index in [9.17, 15) is 9.18 Å². The van der Waals surface area contributed by atoms with Gasteiger partial charge in [-0.05, 0) is 13.0 Å². The second-order valence-electron chi connectivity index (χ2n) is 4.30. The van der Waals surface area contributed by atoms with Crippen LogP contribution in [0.15, 0.2) is 12.3 Å². The molecule has 0 saturated carbocycles. The summed E-state index contributed by atoms with van der Waals surface area (Å²) in [6, 6.07) is 3.42. The van der Waals surface area contributed by atoms with Crippen LogP contribution >= 0.6 is 0 Å². The molecule has 16 heavy (non-hydrogen) atoms. The number of aromatic nitrogens is 1. The van der Waals surface area contributed by atoms with E-state index in [1.54, 1.807) is 0 Å². The van der Waals surface area contributed by atoms with Crippen LogP contribution in [-0.4, -0.2) is 34.5 Å². The largest absolute Gasteiger partial charge is 0.356 e. The van der Waals surface area contributed by atoms with Gasteiger partial charge in [0.05, 0.1) is 12.1 Å². The lowest BCUT2D eigenvalue weighted by atomic mass is 10.1. The fraction of sp³-hybridized carbons (Fsp3) is 0.455. The molecule has 1 aromatic rings. The van der Waals surface area contributed by atoms with Crippen LogP contribution in [0.4, 0.5) is 4.39 Å². The summed E-state index contributed by atoms with van der Waals surface area (Å²) in [4.78, 5) is 16.1. The quantitative estimate of drug-likeness (QED) is 0.780. The van der Waals surface area contributed by atoms with E-state index in [0.717, 1.165) is 0 Å². The Bertz CT molecular complexity index is 458. The highest BCUT2D eigenvalue weighted by molar-refractivity contribution is 5.93. The molecule has 2 heterocycles. The number of hydrogen-bond donors (Lipinski definition) is 1. The van der Waals surface area contributed by atoms with E-state index >= 15 is 0 Å². The van der Waals surface area contributed by atoms with Gasteiger partial charge in [-0.15, -0.1) is 0 Å². The number of nitrogens with one attached hydrogen (secondary N) is 1. The first-order valence-electron chi connectivity index (χ1n) is 5.08. The summed E-state index contributed by atoms with van der Waals surface area (Å²) >= 11 is 0. The van der Waals surface area contributed by atoms with Gasteiger partial charge in [0.25, 0.3) is 5.91 Å². The molecule has 1 aliphatic heterocycles. The number of rotatable bonds is 1. The molecule has 1 amide bonds. The maximum absolute atomic E-state index is 13.6. The lowest BCUT2D eigenvalue weighted by Crippen LogP contribution is -2.32. The SMILES string of the molecule is CC1(F)CCN(C(=O)c2cc(C#N)c[nH]2)C1. The second-order valence-corrected chi connectivity index (χ2v) is 4.30. The standard InChI is InChI=1S/C11H12FN3O/c1-11(12)2-3-15(7-11)10(16)9-4-8(5-13)6-14-9/h4,6,14H,2-3,7H2,1H3. The number of nitrogens with zero attached hydrogens (tertiary/aromatic N) is 2. The van der Waals surface area contributed by atoms with Gasteiger partial charge in [0.2, 0.25) is 0 Å². The van der Waals surface area contributed by atoms with Crippen LogP contribution in [0.25, 0.3) is 0 Å². The van der Waals surface area contributed by atoms with Crippen LogP contribution in [0.2, 0.25) is 0 Å². The van der Waals surface area contributed by atoms with Crippen LogP contribution in [0.5, 0.6) is 0 Å². The predicted molar refractivity (Wildman–Crippen MR) is 55.5 cm³/mol. The van der Waals surface area contributed by atoms with E-state index in [-0.39, 0.29) is 12.5 Å². The Labute approximate surface area is 92.7 Å². The lowest BCUT2D eigenvalue weighted by Gasteiger charge is -2.16. The molecule has 4 nitrogen and oxygen atoms in total. The highest BCUT2D eigenvalue weighted by Gasteiger charge is 2.36. The number of alkyl halides is 1. The Hall–Kier alpha value is -1.83. The smallest absolute Gasteiger partial charge is 0.270 e. The van der Waals surface area contributed by atoms with Gasteiger partial charge in [-0.1, -0.05) is 0 Å². The zero-order chi connectivity index (χ0) is 11.8. The van der Waals surface area contributed by atoms with Gasteiger partial charge in [-0.25, -0.2) is 4.39 Å². The third-order valence-corrected chi connectivity index (χ3v) is 2.75. The fourth-order valence-corrected chi connectivity index (χ4v) is 1.85. The number of carbonyl (C=O) groups is 1. The number of carbonyl (C=O) groups excluding carboxylic acids is 1. The molecule has 1 fully saturated rings. The third-order valence-electron chi connectivity index (χ3n) is 2.75. The zero-order valence-electron chi connectivity index (χ0n) is 8.96. The molecule has 0 radical (unpaired) electrons. The van der Waals surface area contributed by atoms with E-state index in [1.807, 2.05) is 6.07 Å². The number of likely N-dealkylation sites (tertiary alicyclic amines) is 1. The second kappa shape index (κ2) is 3.63. The molecule has 0 aliphatic carbocycles. The van der Waals surface area contributed by atoms with E-state index < -0.39 is 5.67 Å². The average molecular weight is 221 g/mol. The maximum Gasteiger partial charge on any atom is 0.270 e. The summed E-state index contributed by atoms with van der Waals surface area (Å²) in [6.07, 6.45) is 1.84. The maximum atomic E-state index is 13.6. The molecule has 0 bridgehead atoms. The molecular formula is C11H12FN3O. The van der Waals surface area contributed by atoms with Crippen molar-refractivity contribution in [2.75, 3.05) is 13.1 Å². The van der Waals surface area contributed by atoms with E-state index in [2.05, 4.69) is 4.98 Å². The molecule has 2 rings (SSSR count). The monoisotopic (exact) mass is 221 g/mol. The topological polar surface area (TPSA) is 59.9 Å². The Morgan fingerprint density at radius 2 is 2.50 bits per heavy atom. The Balaban J connectivity index is 2.12. The van der Waals surface area contributed by atoms with Gasteiger partial charge in [-0.2, -0.15) is 5.26 Å². The normalized spacial score (nSPS) is 24.4. The van der Waals surface area contributed by atoms with E-state index in [4.69, 9.17) is 5.26 Å². The van der Waals surface area contributed by atoms with Crippen molar-refractivity contribution < 1.29 is 9.18 Å². The van der Waals surface area contributed by atoms with Gasteiger partial charge in [-0.3, -0.25) is 4.79 Å². The van der Waals surface area contributed by atoms with Crippen molar-refractivity contribution in [1.82, 2.24) is 9.88 Å². The highest BCUT2D eigenvalue weighted by atomic mass is 19.1. The molecule has 84 valence electrons. The lowest BCUT2D eigenvalue weighted by molar-refractivity contribution is 0.0755. The molecule has 1 N–H and O–H groups in total. The van der Waals surface area contributed by atoms with Gasteiger partial charge in [0.15, 0.2) is 0 Å². The molecule has 1 unspecified atom stereocenters. The molecular weight excluding hydrogens is 209 g/mol. The first kappa shape index (κ1) is 10.7.